The molecule has 1 aliphatic rings. The number of esters is 1. The number of hydrogen-bond donors (Lipinski definition) is 1. The number of ether oxygens (including phenoxy) is 2. The van der Waals surface area contributed by atoms with Crippen LogP contribution in [0.4, 0.5) is 0 Å². The maximum absolute atomic E-state index is 13.2. The predicted octanol–water partition coefficient (Wildman–Crippen LogP) is 5.36. The Labute approximate surface area is 216 Å². The van der Waals surface area contributed by atoms with E-state index in [4.69, 9.17) is 15.2 Å². The fourth-order valence-corrected chi connectivity index (χ4v) is 5.00. The first-order chi connectivity index (χ1) is 17.2. The SMILES string of the molecule is CCOC(=O)C1=C(CSc2nc(CC)c(C)cc2C#N)OC(N)=C(C#N)C1c1ccc(C(C)C)cc1. The topological polar surface area (TPSA) is 122 Å². The molecule has 0 spiro atoms. The molecular weight excluding hydrogens is 472 g/mol. The van der Waals surface area contributed by atoms with Gasteiger partial charge in [-0.3, -0.25) is 0 Å². The third-order valence-electron chi connectivity index (χ3n) is 6.01. The van der Waals surface area contributed by atoms with Crippen molar-refractivity contribution < 1.29 is 14.3 Å². The largest absolute Gasteiger partial charge is 0.463 e. The Bertz CT molecular complexity index is 1300. The highest BCUT2D eigenvalue weighted by Crippen LogP contribution is 2.41. The molecule has 0 bridgehead atoms. The Balaban J connectivity index is 2.10. The highest BCUT2D eigenvalue weighted by atomic mass is 32.2. The Morgan fingerprint density at radius 1 is 1.22 bits per heavy atom. The van der Waals surface area contributed by atoms with Crippen LogP contribution in [0.1, 0.15) is 67.5 Å². The lowest BCUT2D eigenvalue weighted by molar-refractivity contribution is -0.139. The molecule has 1 unspecified atom stereocenters. The van der Waals surface area contributed by atoms with Crippen molar-refractivity contribution in [3.8, 4) is 12.1 Å². The molecule has 2 heterocycles. The number of nitriles is 2. The van der Waals surface area contributed by atoms with Crippen LogP contribution in [-0.4, -0.2) is 23.3 Å². The lowest BCUT2D eigenvalue weighted by atomic mass is 9.82. The van der Waals surface area contributed by atoms with Crippen LogP contribution in [0.25, 0.3) is 0 Å². The number of aromatic nitrogens is 1. The molecule has 0 radical (unpaired) electrons. The van der Waals surface area contributed by atoms with Gasteiger partial charge >= 0.3 is 5.97 Å². The monoisotopic (exact) mass is 502 g/mol. The summed E-state index contributed by atoms with van der Waals surface area (Å²) in [5.74, 6) is -0.545. The number of hydrogen-bond acceptors (Lipinski definition) is 8. The van der Waals surface area contributed by atoms with Crippen LogP contribution in [0, 0.1) is 29.6 Å². The van der Waals surface area contributed by atoms with E-state index < -0.39 is 11.9 Å². The number of aryl methyl sites for hydroxylation is 2. The maximum atomic E-state index is 13.2. The molecule has 0 aliphatic carbocycles. The van der Waals surface area contributed by atoms with Crippen LogP contribution in [0.5, 0.6) is 0 Å². The van der Waals surface area contributed by atoms with Gasteiger partial charge < -0.3 is 15.2 Å². The van der Waals surface area contributed by atoms with Crippen LogP contribution < -0.4 is 5.73 Å². The maximum Gasteiger partial charge on any atom is 0.338 e. The number of nitrogens with two attached hydrogens (primary N) is 1. The van der Waals surface area contributed by atoms with E-state index >= 15 is 0 Å². The molecule has 8 heteroatoms. The lowest BCUT2D eigenvalue weighted by Crippen LogP contribution is -2.27. The second-order valence-electron chi connectivity index (χ2n) is 8.66. The molecule has 0 fully saturated rings. The number of allylic oxidation sites excluding steroid dienone is 1. The van der Waals surface area contributed by atoms with Gasteiger partial charge in [-0.15, -0.1) is 0 Å². The standard InChI is InChI=1S/C28H30N4O3S/c1-6-22-17(5)12-20(13-29)27(32-22)36-15-23-25(28(33)34-7-2)24(21(14-30)26(31)35-23)19-10-8-18(9-11-19)16(3)4/h8-12,16,24H,6-7,15,31H2,1-5H3. The molecule has 1 aromatic carbocycles. The summed E-state index contributed by atoms with van der Waals surface area (Å²) in [5, 5.41) is 20.1. The molecule has 0 saturated heterocycles. The molecule has 1 aromatic heterocycles. The van der Waals surface area contributed by atoms with Gasteiger partial charge in [-0.25, -0.2) is 9.78 Å². The Kier molecular flexibility index (Phi) is 8.79. The van der Waals surface area contributed by atoms with E-state index in [1.807, 2.05) is 44.2 Å². The van der Waals surface area contributed by atoms with E-state index in [0.717, 1.165) is 28.8 Å². The minimum absolute atomic E-state index is 0.0503. The van der Waals surface area contributed by atoms with Crippen molar-refractivity contribution in [1.82, 2.24) is 4.98 Å². The van der Waals surface area contributed by atoms with E-state index in [1.165, 1.54) is 11.8 Å². The van der Waals surface area contributed by atoms with E-state index in [0.29, 0.717) is 16.5 Å². The van der Waals surface area contributed by atoms with Gasteiger partial charge in [0.1, 0.15) is 28.5 Å². The van der Waals surface area contributed by atoms with E-state index in [9.17, 15) is 15.3 Å². The van der Waals surface area contributed by atoms with Crippen molar-refractivity contribution >= 4 is 17.7 Å². The minimum Gasteiger partial charge on any atom is -0.463 e. The van der Waals surface area contributed by atoms with Gasteiger partial charge in [-0.1, -0.05) is 56.8 Å². The summed E-state index contributed by atoms with van der Waals surface area (Å²) in [6, 6.07) is 13.9. The van der Waals surface area contributed by atoms with Gasteiger partial charge in [-0.05, 0) is 48.9 Å². The van der Waals surface area contributed by atoms with Gasteiger partial charge in [0.25, 0.3) is 0 Å². The van der Waals surface area contributed by atoms with Crippen LogP contribution in [0.2, 0.25) is 0 Å². The Morgan fingerprint density at radius 2 is 1.92 bits per heavy atom. The summed E-state index contributed by atoms with van der Waals surface area (Å²) in [7, 11) is 0. The molecule has 186 valence electrons. The van der Waals surface area contributed by atoms with Gasteiger partial charge in [0.15, 0.2) is 0 Å². The van der Waals surface area contributed by atoms with Crippen molar-refractivity contribution in [2.45, 2.75) is 57.9 Å². The first-order valence-corrected chi connectivity index (χ1v) is 12.8. The van der Waals surface area contributed by atoms with Crippen molar-refractivity contribution in [2.75, 3.05) is 12.4 Å². The average molecular weight is 503 g/mol. The number of pyridine rings is 1. The smallest absolute Gasteiger partial charge is 0.338 e. The summed E-state index contributed by atoms with van der Waals surface area (Å²) < 4.78 is 11.2. The molecule has 2 N–H and O–H groups in total. The summed E-state index contributed by atoms with van der Waals surface area (Å²) >= 11 is 1.28. The predicted molar refractivity (Wildman–Crippen MR) is 139 cm³/mol. The average Bonchev–Trinajstić information content (AvgIpc) is 2.87. The van der Waals surface area contributed by atoms with Crippen molar-refractivity contribution in [3.05, 3.63) is 81.1 Å². The zero-order valence-electron chi connectivity index (χ0n) is 21.2. The van der Waals surface area contributed by atoms with E-state index in [1.54, 1.807) is 6.92 Å². The number of carbonyl (C=O) groups is 1. The van der Waals surface area contributed by atoms with E-state index in [2.05, 4.69) is 31.0 Å². The first kappa shape index (κ1) is 26.8. The van der Waals surface area contributed by atoms with Crippen molar-refractivity contribution in [1.29, 1.82) is 10.5 Å². The van der Waals surface area contributed by atoms with Crippen LogP contribution in [0.15, 0.2) is 58.1 Å². The number of thioether (sulfide) groups is 1. The molecule has 1 aliphatic heterocycles. The quantitative estimate of drug-likeness (QED) is 0.378. The van der Waals surface area contributed by atoms with Crippen LogP contribution >= 0.6 is 11.8 Å². The van der Waals surface area contributed by atoms with Crippen molar-refractivity contribution in [2.24, 2.45) is 5.73 Å². The molecular formula is C28H30N4O3S. The fraction of sp³-hybridized carbons (Fsp3) is 0.357. The van der Waals surface area contributed by atoms with Gasteiger partial charge in [0, 0.05) is 5.69 Å². The molecule has 2 aromatic rings. The second-order valence-corrected chi connectivity index (χ2v) is 9.63. The minimum atomic E-state index is -0.729. The number of nitrogens with zero attached hydrogens (tertiary/aromatic N) is 3. The normalized spacial score (nSPS) is 15.4. The Hall–Kier alpha value is -3.75. The van der Waals surface area contributed by atoms with Gasteiger partial charge in [-0.2, -0.15) is 10.5 Å². The molecule has 36 heavy (non-hydrogen) atoms. The molecule has 1 atom stereocenters. The zero-order chi connectivity index (χ0) is 26.4. The van der Waals surface area contributed by atoms with Gasteiger partial charge in [0.05, 0.1) is 29.4 Å². The highest BCUT2D eigenvalue weighted by molar-refractivity contribution is 7.99. The summed E-state index contributed by atoms with van der Waals surface area (Å²) in [4.78, 5) is 17.9. The van der Waals surface area contributed by atoms with Gasteiger partial charge in [0.2, 0.25) is 5.88 Å². The second kappa shape index (κ2) is 11.8. The highest BCUT2D eigenvalue weighted by Gasteiger charge is 2.37. The number of rotatable bonds is 8. The molecule has 0 amide bonds. The van der Waals surface area contributed by atoms with E-state index in [-0.39, 0.29) is 35.1 Å². The summed E-state index contributed by atoms with van der Waals surface area (Å²) in [5.41, 5.74) is 10.8. The lowest BCUT2D eigenvalue weighted by Gasteiger charge is -2.28. The Morgan fingerprint density at radius 3 is 2.47 bits per heavy atom. The van der Waals surface area contributed by atoms with Crippen LogP contribution in [0.3, 0.4) is 0 Å². The molecule has 3 rings (SSSR count). The molecule has 7 nitrogen and oxygen atoms in total. The third kappa shape index (κ3) is 5.56. The van der Waals surface area contributed by atoms with Crippen molar-refractivity contribution in [3.63, 3.8) is 0 Å². The van der Waals surface area contributed by atoms with Crippen LogP contribution in [-0.2, 0) is 20.7 Å². The summed E-state index contributed by atoms with van der Waals surface area (Å²) in [6.45, 7) is 10.0. The molecule has 0 saturated carbocycles. The number of carbonyl (C=O) groups excluding carboxylic acids is 1. The third-order valence-corrected chi connectivity index (χ3v) is 7.00. The summed E-state index contributed by atoms with van der Waals surface area (Å²) in [6.07, 6.45) is 0.730. The number of benzene rings is 1. The zero-order valence-corrected chi connectivity index (χ0v) is 22.0. The fourth-order valence-electron chi connectivity index (χ4n) is 4.08. The first-order valence-electron chi connectivity index (χ1n) is 11.9.